The molecule has 0 spiro atoms. The molecule has 0 N–H and O–H groups in total. The Bertz CT molecular complexity index is 1030. The summed E-state index contributed by atoms with van der Waals surface area (Å²) in [6.45, 7) is 0.251. The van der Waals surface area contributed by atoms with Gasteiger partial charge in [-0.15, -0.1) is 16.9 Å². The summed E-state index contributed by atoms with van der Waals surface area (Å²) in [5, 5.41) is 10.5. The van der Waals surface area contributed by atoms with Gasteiger partial charge in [-0.25, -0.2) is 4.68 Å². The van der Waals surface area contributed by atoms with Crippen molar-refractivity contribution in [3.05, 3.63) is 66.7 Å². The number of thioether (sulfide) groups is 1. The van der Waals surface area contributed by atoms with E-state index in [4.69, 9.17) is 0 Å². The summed E-state index contributed by atoms with van der Waals surface area (Å²) in [6, 6.07) is 22.2. The Kier molecular flexibility index (Phi) is 4.01. The molecule has 0 radical (unpaired) electrons. The molecule has 24 heavy (non-hydrogen) atoms. The molecule has 4 nitrogen and oxygen atoms in total. The van der Waals surface area contributed by atoms with E-state index in [-0.39, 0.29) is 12.3 Å². The Hall–Kier alpha value is -2.66. The molecule has 0 atom stereocenters. The van der Waals surface area contributed by atoms with Crippen molar-refractivity contribution < 1.29 is 4.79 Å². The maximum Gasteiger partial charge on any atom is 0.164 e. The van der Waals surface area contributed by atoms with Gasteiger partial charge < -0.3 is 0 Å². The molecule has 0 aliphatic rings. The highest BCUT2D eigenvalue weighted by molar-refractivity contribution is 8.00. The van der Waals surface area contributed by atoms with Gasteiger partial charge >= 0.3 is 0 Å². The maximum absolute atomic E-state index is 12.3. The predicted octanol–water partition coefficient (Wildman–Crippen LogP) is 3.95. The lowest BCUT2D eigenvalue weighted by molar-refractivity contribution is -0.117. The Morgan fingerprint density at radius 1 is 0.958 bits per heavy atom. The van der Waals surface area contributed by atoms with Crippen LogP contribution in [0.1, 0.15) is 0 Å². The van der Waals surface area contributed by atoms with E-state index in [0.29, 0.717) is 5.75 Å². The summed E-state index contributed by atoms with van der Waals surface area (Å²) >= 11 is 1.56. The third-order valence-electron chi connectivity index (χ3n) is 3.87. The first-order valence-electron chi connectivity index (χ1n) is 7.71. The van der Waals surface area contributed by atoms with Crippen molar-refractivity contribution >= 4 is 39.4 Å². The highest BCUT2D eigenvalue weighted by Crippen LogP contribution is 2.23. The molecule has 0 unspecified atom stereocenters. The predicted molar refractivity (Wildman–Crippen MR) is 97.2 cm³/mol. The Morgan fingerprint density at radius 2 is 1.75 bits per heavy atom. The number of rotatable bonds is 5. The van der Waals surface area contributed by atoms with Crippen LogP contribution in [-0.2, 0) is 11.3 Å². The number of carbonyl (C=O) groups excluding carboxylic acids is 1. The van der Waals surface area contributed by atoms with E-state index in [1.807, 2.05) is 36.4 Å². The number of hydrogen-bond donors (Lipinski definition) is 0. The first-order chi connectivity index (χ1) is 11.8. The highest BCUT2D eigenvalue weighted by atomic mass is 32.2. The first kappa shape index (κ1) is 14.9. The quantitative estimate of drug-likeness (QED) is 0.519. The number of benzene rings is 3. The fourth-order valence-corrected chi connectivity index (χ4v) is 3.46. The van der Waals surface area contributed by atoms with E-state index in [2.05, 4.69) is 40.6 Å². The number of fused-ring (bicyclic) bond motifs is 2. The van der Waals surface area contributed by atoms with Gasteiger partial charge in [-0.3, -0.25) is 4.79 Å². The SMILES string of the molecule is O=C(CSc1ccc2ccccc2c1)Cn1nnc2ccccc21. The summed E-state index contributed by atoms with van der Waals surface area (Å²) in [7, 11) is 0. The summed E-state index contributed by atoms with van der Waals surface area (Å²) in [4.78, 5) is 13.4. The van der Waals surface area contributed by atoms with Crippen LogP contribution in [0, 0.1) is 0 Å². The van der Waals surface area contributed by atoms with Crippen LogP contribution < -0.4 is 0 Å². The molecule has 5 heteroatoms. The fraction of sp³-hybridized carbons (Fsp3) is 0.105. The van der Waals surface area contributed by atoms with Crippen molar-refractivity contribution in [2.75, 3.05) is 5.75 Å². The summed E-state index contributed by atoms with van der Waals surface area (Å²) < 4.78 is 1.67. The minimum absolute atomic E-state index is 0.129. The van der Waals surface area contributed by atoms with Gasteiger partial charge in [0.25, 0.3) is 0 Å². The Labute approximate surface area is 143 Å². The van der Waals surface area contributed by atoms with Crippen LogP contribution in [0.15, 0.2) is 71.6 Å². The molecule has 1 aromatic heterocycles. The van der Waals surface area contributed by atoms with Gasteiger partial charge in [0, 0.05) is 4.90 Å². The molecule has 1 heterocycles. The second kappa shape index (κ2) is 6.45. The normalized spacial score (nSPS) is 11.2. The molecule has 0 saturated carbocycles. The van der Waals surface area contributed by atoms with Gasteiger partial charge in [-0.1, -0.05) is 47.7 Å². The van der Waals surface area contributed by atoms with Crippen molar-refractivity contribution in [1.29, 1.82) is 0 Å². The lowest BCUT2D eigenvalue weighted by atomic mass is 10.1. The van der Waals surface area contributed by atoms with Crippen molar-refractivity contribution in [1.82, 2.24) is 15.0 Å². The van der Waals surface area contributed by atoms with E-state index in [0.717, 1.165) is 15.9 Å². The number of nitrogens with zero attached hydrogens (tertiary/aromatic N) is 3. The zero-order chi connectivity index (χ0) is 16.4. The van der Waals surface area contributed by atoms with Crippen molar-refractivity contribution in [3.8, 4) is 0 Å². The number of hydrogen-bond acceptors (Lipinski definition) is 4. The lowest BCUT2D eigenvalue weighted by Gasteiger charge is -2.04. The average molecular weight is 333 g/mol. The zero-order valence-electron chi connectivity index (χ0n) is 12.9. The maximum atomic E-state index is 12.3. The van der Waals surface area contributed by atoms with Gasteiger partial charge in [-0.05, 0) is 35.0 Å². The smallest absolute Gasteiger partial charge is 0.164 e. The van der Waals surface area contributed by atoms with E-state index >= 15 is 0 Å². The van der Waals surface area contributed by atoms with E-state index < -0.39 is 0 Å². The number of carbonyl (C=O) groups is 1. The van der Waals surface area contributed by atoms with Gasteiger partial charge in [-0.2, -0.15) is 0 Å². The average Bonchev–Trinajstić information content (AvgIpc) is 3.03. The van der Waals surface area contributed by atoms with Crippen LogP contribution in [0.2, 0.25) is 0 Å². The fourth-order valence-electron chi connectivity index (χ4n) is 2.67. The summed E-state index contributed by atoms with van der Waals surface area (Å²) in [5.41, 5.74) is 1.70. The van der Waals surface area contributed by atoms with Gasteiger partial charge in [0.05, 0.1) is 11.3 Å². The molecule has 0 bridgehead atoms. The number of para-hydroxylation sites is 1. The Morgan fingerprint density at radius 3 is 2.67 bits per heavy atom. The van der Waals surface area contributed by atoms with E-state index in [1.165, 1.54) is 10.8 Å². The second-order valence-corrected chi connectivity index (χ2v) is 6.62. The van der Waals surface area contributed by atoms with Crippen LogP contribution in [0.25, 0.3) is 21.8 Å². The lowest BCUT2D eigenvalue weighted by Crippen LogP contribution is -2.13. The molecule has 3 aromatic carbocycles. The molecular formula is C19H15N3OS. The number of Topliss-reactive ketones (excluding diaryl/α,β-unsaturated/α-hetero) is 1. The standard InChI is InChI=1S/C19H15N3OS/c23-16(12-22-19-8-4-3-7-18(19)20-21-22)13-24-17-10-9-14-5-1-2-6-15(14)11-17/h1-11H,12-13H2. The largest absolute Gasteiger partial charge is 0.297 e. The molecule has 4 aromatic rings. The minimum Gasteiger partial charge on any atom is -0.297 e. The molecule has 0 saturated heterocycles. The van der Waals surface area contributed by atoms with Crippen LogP contribution in [0.5, 0.6) is 0 Å². The molecule has 0 aliphatic heterocycles. The van der Waals surface area contributed by atoms with E-state index in [1.54, 1.807) is 16.4 Å². The van der Waals surface area contributed by atoms with Crippen molar-refractivity contribution in [3.63, 3.8) is 0 Å². The second-order valence-electron chi connectivity index (χ2n) is 5.57. The summed E-state index contributed by atoms with van der Waals surface area (Å²) in [6.07, 6.45) is 0. The molecule has 0 aliphatic carbocycles. The molecule has 0 amide bonds. The van der Waals surface area contributed by atoms with Gasteiger partial charge in [0.2, 0.25) is 0 Å². The summed E-state index contributed by atoms with van der Waals surface area (Å²) in [5.74, 6) is 0.552. The van der Waals surface area contributed by atoms with Gasteiger partial charge in [0.1, 0.15) is 12.1 Å². The first-order valence-corrected chi connectivity index (χ1v) is 8.70. The number of aromatic nitrogens is 3. The van der Waals surface area contributed by atoms with Crippen molar-refractivity contribution in [2.45, 2.75) is 11.4 Å². The van der Waals surface area contributed by atoms with Crippen LogP contribution >= 0.6 is 11.8 Å². The molecular weight excluding hydrogens is 318 g/mol. The third kappa shape index (κ3) is 3.03. The van der Waals surface area contributed by atoms with E-state index in [9.17, 15) is 4.79 Å². The molecule has 0 fully saturated rings. The van der Waals surface area contributed by atoms with Crippen LogP contribution in [0.3, 0.4) is 0 Å². The molecule has 118 valence electrons. The topological polar surface area (TPSA) is 47.8 Å². The van der Waals surface area contributed by atoms with Crippen molar-refractivity contribution in [2.24, 2.45) is 0 Å². The van der Waals surface area contributed by atoms with Gasteiger partial charge in [0.15, 0.2) is 5.78 Å². The monoisotopic (exact) mass is 333 g/mol. The number of ketones is 1. The Balaban J connectivity index is 1.44. The minimum atomic E-state index is 0.129. The van der Waals surface area contributed by atoms with Crippen LogP contribution in [-0.4, -0.2) is 26.5 Å². The highest BCUT2D eigenvalue weighted by Gasteiger charge is 2.09. The molecule has 4 rings (SSSR count). The van der Waals surface area contributed by atoms with Crippen LogP contribution in [0.4, 0.5) is 0 Å². The third-order valence-corrected chi connectivity index (χ3v) is 4.92. The zero-order valence-corrected chi connectivity index (χ0v) is 13.7.